The first-order valence-electron chi connectivity index (χ1n) is 31.4. The molecule has 1 saturated heterocycles. The van der Waals surface area contributed by atoms with Crippen molar-refractivity contribution in [2.24, 2.45) is 0 Å². The van der Waals surface area contributed by atoms with Crippen LogP contribution in [0.4, 0.5) is 0 Å². The molecule has 0 aromatic rings. The van der Waals surface area contributed by atoms with Gasteiger partial charge in [0.2, 0.25) is 5.91 Å². The number of nitrogens with one attached hydrogen (secondary N) is 1. The largest absolute Gasteiger partial charge is 0.454 e. The monoisotopic (exact) mass is 1080 g/mol. The minimum atomic E-state index is -1.63. The molecule has 0 saturated carbocycles. The SMILES string of the molecule is CC/C=C\C/C=C\C/C=C\C/C=C\C/C=C\CCC(O)C(=O)NC(COC1OC(CO)C(O)C(O)C1OC(=O)CCCCCCCCCCC/C=C/CCCCCCCC)C(O)/C=C/CCCCCCCCCCCCC. The van der Waals surface area contributed by atoms with Crippen molar-refractivity contribution in [3.8, 4) is 0 Å². The number of allylic oxidation sites excluding steroid dienone is 13. The highest BCUT2D eigenvalue weighted by Crippen LogP contribution is 2.26. The first-order chi connectivity index (χ1) is 37.7. The summed E-state index contributed by atoms with van der Waals surface area (Å²) in [5.41, 5.74) is 0. The van der Waals surface area contributed by atoms with E-state index in [1.54, 1.807) is 6.08 Å². The molecule has 11 nitrogen and oxygen atoms in total. The zero-order valence-corrected chi connectivity index (χ0v) is 49.1. The molecule has 0 spiro atoms. The lowest BCUT2D eigenvalue weighted by atomic mass is 9.99. The van der Waals surface area contributed by atoms with Gasteiger partial charge in [0.1, 0.15) is 24.4 Å². The molecule has 0 aromatic carbocycles. The maximum atomic E-state index is 13.4. The summed E-state index contributed by atoms with van der Waals surface area (Å²) in [4.78, 5) is 26.5. The second kappa shape index (κ2) is 53.5. The molecule has 1 aliphatic rings. The predicted molar refractivity (Wildman–Crippen MR) is 319 cm³/mol. The van der Waals surface area contributed by atoms with E-state index >= 15 is 0 Å². The van der Waals surface area contributed by atoms with Crippen LogP contribution in [0.5, 0.6) is 0 Å². The lowest BCUT2D eigenvalue weighted by molar-refractivity contribution is -0.305. The van der Waals surface area contributed by atoms with Gasteiger partial charge in [-0.15, -0.1) is 0 Å². The quantitative estimate of drug-likeness (QED) is 0.0195. The maximum Gasteiger partial charge on any atom is 0.306 e. The molecule has 1 amide bonds. The van der Waals surface area contributed by atoms with Crippen LogP contribution < -0.4 is 5.32 Å². The van der Waals surface area contributed by atoms with Crippen molar-refractivity contribution < 1.29 is 49.3 Å². The van der Waals surface area contributed by atoms with Crippen LogP contribution in [-0.2, 0) is 23.8 Å². The molecule has 1 fully saturated rings. The van der Waals surface area contributed by atoms with Gasteiger partial charge in [0.05, 0.1) is 25.4 Å². The maximum absolute atomic E-state index is 13.4. The zero-order valence-electron chi connectivity index (χ0n) is 49.1. The Bertz CT molecular complexity index is 1570. The highest BCUT2D eigenvalue weighted by molar-refractivity contribution is 5.80. The van der Waals surface area contributed by atoms with Crippen molar-refractivity contribution in [1.29, 1.82) is 0 Å². The molecule has 1 rings (SSSR count). The fourth-order valence-electron chi connectivity index (χ4n) is 9.33. The van der Waals surface area contributed by atoms with Gasteiger partial charge in [0.25, 0.3) is 0 Å². The molecule has 0 radical (unpaired) electrons. The Morgan fingerprint density at radius 2 is 0.935 bits per heavy atom. The molecule has 444 valence electrons. The molecule has 6 N–H and O–H groups in total. The van der Waals surface area contributed by atoms with E-state index in [9.17, 15) is 35.1 Å². The van der Waals surface area contributed by atoms with Gasteiger partial charge in [-0.1, -0.05) is 247 Å². The van der Waals surface area contributed by atoms with Gasteiger partial charge in [-0.2, -0.15) is 0 Å². The van der Waals surface area contributed by atoms with E-state index in [0.29, 0.717) is 12.8 Å². The number of rotatable bonds is 52. The fourth-order valence-corrected chi connectivity index (χ4v) is 9.33. The predicted octanol–water partition coefficient (Wildman–Crippen LogP) is 14.9. The summed E-state index contributed by atoms with van der Waals surface area (Å²) in [5, 5.41) is 56.9. The third-order valence-electron chi connectivity index (χ3n) is 14.3. The number of aliphatic hydroxyl groups excluding tert-OH is 5. The number of carbonyl (C=O) groups excluding carboxylic acids is 2. The summed E-state index contributed by atoms with van der Waals surface area (Å²) >= 11 is 0. The standard InChI is InChI=1S/C66H115NO10/c1-4-7-10-13-16-19-22-25-27-29-30-31-33-36-39-42-45-48-51-54-61(71)77-64-63(73)62(72)60(55-68)76-66(64)75-56-57(58(69)52-49-46-43-40-37-34-24-21-18-15-12-9-6-3)67-65(74)59(70)53-50-47-44-41-38-35-32-28-26-23-20-17-14-11-8-5-2/h8,11,17,20,25-28,35,38,44,47,49,52,57-60,62-64,66,68-70,72-73H,4-7,9-10,12-16,18-19,21-24,29-34,36-37,39-43,45-46,48,50-51,53-56H2,1-3H3,(H,67,74)/b11-8-,20-17-,27-25+,28-26-,38-35-,47-44-,52-49+. The van der Waals surface area contributed by atoms with Gasteiger partial charge in [-0.05, 0) is 89.9 Å². The normalized spacial score (nSPS) is 19.6. The van der Waals surface area contributed by atoms with Crippen LogP contribution in [0.25, 0.3) is 0 Å². The van der Waals surface area contributed by atoms with E-state index < -0.39 is 67.4 Å². The minimum absolute atomic E-state index is 0.112. The fraction of sp³-hybridized carbons (Fsp3) is 0.758. The number of unbranched alkanes of at least 4 members (excludes halogenated alkanes) is 26. The molecule has 11 heteroatoms. The molecule has 77 heavy (non-hydrogen) atoms. The number of hydrogen-bond donors (Lipinski definition) is 6. The number of hydrogen-bond acceptors (Lipinski definition) is 10. The first kappa shape index (κ1) is 71.9. The third-order valence-corrected chi connectivity index (χ3v) is 14.3. The van der Waals surface area contributed by atoms with E-state index in [2.05, 4.69) is 86.8 Å². The van der Waals surface area contributed by atoms with Crippen LogP contribution in [0.15, 0.2) is 85.1 Å². The van der Waals surface area contributed by atoms with Crippen LogP contribution in [0.2, 0.25) is 0 Å². The van der Waals surface area contributed by atoms with Crippen molar-refractivity contribution in [2.75, 3.05) is 13.2 Å². The highest BCUT2D eigenvalue weighted by atomic mass is 16.7. The summed E-state index contributed by atoms with van der Waals surface area (Å²) < 4.78 is 17.6. The average Bonchev–Trinajstić information content (AvgIpc) is 3.43. The Kier molecular flexibility index (Phi) is 49.9. The Labute approximate surface area is 470 Å². The van der Waals surface area contributed by atoms with Crippen molar-refractivity contribution in [1.82, 2.24) is 5.32 Å². The number of amides is 1. The van der Waals surface area contributed by atoms with Crippen molar-refractivity contribution in [2.45, 2.75) is 307 Å². The van der Waals surface area contributed by atoms with E-state index in [0.717, 1.165) is 77.0 Å². The molecule has 8 atom stereocenters. The van der Waals surface area contributed by atoms with E-state index in [1.165, 1.54) is 135 Å². The highest BCUT2D eigenvalue weighted by Gasteiger charge is 2.47. The molecule has 0 aliphatic carbocycles. The summed E-state index contributed by atoms with van der Waals surface area (Å²) in [6.07, 6.45) is 59.1. The zero-order chi connectivity index (χ0) is 56.1. The van der Waals surface area contributed by atoms with Gasteiger partial charge < -0.3 is 45.1 Å². The lowest BCUT2D eigenvalue weighted by Crippen LogP contribution is -2.61. The van der Waals surface area contributed by atoms with Gasteiger partial charge in [-0.3, -0.25) is 9.59 Å². The Hall–Kier alpha value is -3.16. The summed E-state index contributed by atoms with van der Waals surface area (Å²) in [6, 6.07) is -1.06. The topological polar surface area (TPSA) is 175 Å². The van der Waals surface area contributed by atoms with Crippen molar-refractivity contribution in [3.63, 3.8) is 0 Å². The Morgan fingerprint density at radius 1 is 0.519 bits per heavy atom. The molecule has 0 bridgehead atoms. The molecular formula is C66H115NO10. The van der Waals surface area contributed by atoms with E-state index in [-0.39, 0.29) is 19.4 Å². The average molecular weight is 1080 g/mol. The van der Waals surface area contributed by atoms with E-state index in [1.807, 2.05) is 18.2 Å². The molecular weight excluding hydrogens is 967 g/mol. The second-order valence-electron chi connectivity index (χ2n) is 21.4. The van der Waals surface area contributed by atoms with Gasteiger partial charge in [0, 0.05) is 6.42 Å². The van der Waals surface area contributed by atoms with E-state index in [4.69, 9.17) is 14.2 Å². The van der Waals surface area contributed by atoms with Crippen LogP contribution in [0, 0.1) is 0 Å². The molecule has 1 heterocycles. The summed E-state index contributed by atoms with van der Waals surface area (Å²) in [6.45, 7) is 5.64. The van der Waals surface area contributed by atoms with Crippen LogP contribution in [0.1, 0.15) is 258 Å². The third kappa shape index (κ3) is 41.5. The number of esters is 1. The van der Waals surface area contributed by atoms with Gasteiger partial charge in [-0.25, -0.2) is 0 Å². The van der Waals surface area contributed by atoms with Crippen LogP contribution in [0.3, 0.4) is 0 Å². The summed E-state index contributed by atoms with van der Waals surface area (Å²) in [7, 11) is 0. The van der Waals surface area contributed by atoms with Crippen LogP contribution in [-0.4, -0.2) is 99.6 Å². The van der Waals surface area contributed by atoms with Crippen molar-refractivity contribution in [3.05, 3.63) is 85.1 Å². The summed E-state index contributed by atoms with van der Waals surface area (Å²) in [5.74, 6) is -1.26. The smallest absolute Gasteiger partial charge is 0.306 e. The number of carbonyl (C=O) groups is 2. The molecule has 1 aliphatic heterocycles. The Balaban J connectivity index is 2.72. The first-order valence-corrected chi connectivity index (χ1v) is 31.4. The molecule has 8 unspecified atom stereocenters. The number of aliphatic hydroxyl groups is 5. The van der Waals surface area contributed by atoms with Gasteiger partial charge >= 0.3 is 5.97 Å². The van der Waals surface area contributed by atoms with Crippen molar-refractivity contribution >= 4 is 11.9 Å². The Morgan fingerprint density at radius 3 is 1.40 bits per heavy atom. The van der Waals surface area contributed by atoms with Gasteiger partial charge in [0.15, 0.2) is 12.4 Å². The minimum Gasteiger partial charge on any atom is -0.454 e. The lowest BCUT2D eigenvalue weighted by Gasteiger charge is -2.41. The second-order valence-corrected chi connectivity index (χ2v) is 21.4. The molecule has 0 aromatic heterocycles. The number of ether oxygens (including phenoxy) is 3. The van der Waals surface area contributed by atoms with Crippen LogP contribution >= 0.6 is 0 Å².